The summed E-state index contributed by atoms with van der Waals surface area (Å²) >= 11 is 6.12. The van der Waals surface area contributed by atoms with E-state index in [0.29, 0.717) is 29.2 Å². The summed E-state index contributed by atoms with van der Waals surface area (Å²) in [6, 6.07) is 22.0. The van der Waals surface area contributed by atoms with Gasteiger partial charge in [-0.05, 0) is 48.5 Å². The summed E-state index contributed by atoms with van der Waals surface area (Å²) in [5, 5.41) is 25.1. The first-order valence-corrected chi connectivity index (χ1v) is 12.5. The van der Waals surface area contributed by atoms with Gasteiger partial charge in [-0.3, -0.25) is 19.9 Å². The lowest BCUT2D eigenvalue weighted by atomic mass is 10.2. The number of aromatic hydroxyl groups is 2. The summed E-state index contributed by atoms with van der Waals surface area (Å²) in [5.74, 6) is 0.438. The molecule has 3 aromatic carbocycles. The van der Waals surface area contributed by atoms with Crippen molar-refractivity contribution in [2.75, 3.05) is 44.6 Å². The van der Waals surface area contributed by atoms with Crippen molar-refractivity contribution in [3.8, 4) is 11.5 Å². The Morgan fingerprint density at radius 2 is 1.43 bits per heavy atom. The molecule has 37 heavy (non-hydrogen) atoms. The SMILES string of the molecule is Oc1ccccc1C=NCCN(CCN=Cc1ccccc1O)CCNc1ccnc2cc(Cl)ccc12. The number of nitrogens with one attached hydrogen (secondary N) is 1. The zero-order chi connectivity index (χ0) is 25.9. The number of halogens is 1. The number of aromatic nitrogens is 1. The molecule has 0 amide bonds. The predicted molar refractivity (Wildman–Crippen MR) is 153 cm³/mol. The second-order valence-corrected chi connectivity index (χ2v) is 8.91. The van der Waals surface area contributed by atoms with E-state index >= 15 is 0 Å². The number of anilines is 1. The average Bonchev–Trinajstić information content (AvgIpc) is 2.90. The van der Waals surface area contributed by atoms with Gasteiger partial charge in [0, 0.05) is 72.0 Å². The first-order valence-electron chi connectivity index (χ1n) is 12.2. The van der Waals surface area contributed by atoms with Crippen LogP contribution < -0.4 is 5.32 Å². The fourth-order valence-electron chi connectivity index (χ4n) is 3.88. The van der Waals surface area contributed by atoms with E-state index in [1.807, 2.05) is 48.5 Å². The van der Waals surface area contributed by atoms with Crippen LogP contribution >= 0.6 is 11.6 Å². The van der Waals surface area contributed by atoms with Gasteiger partial charge in [-0.25, -0.2) is 0 Å². The minimum atomic E-state index is 0.219. The van der Waals surface area contributed by atoms with Gasteiger partial charge < -0.3 is 15.5 Å². The number of phenols is 2. The number of para-hydroxylation sites is 2. The third-order valence-electron chi connectivity index (χ3n) is 5.87. The van der Waals surface area contributed by atoms with Crippen molar-refractivity contribution < 1.29 is 10.2 Å². The van der Waals surface area contributed by atoms with Gasteiger partial charge in [-0.2, -0.15) is 0 Å². The Bertz CT molecular complexity index is 1320. The number of fused-ring (bicyclic) bond motifs is 1. The summed E-state index contributed by atoms with van der Waals surface area (Å²) in [4.78, 5) is 15.7. The number of aliphatic imine (C=N–C) groups is 2. The standard InChI is InChI=1S/C29H30ClN5O2/c30-24-9-10-25-26(11-12-33-27(25)19-24)34-15-18-35(16-13-31-20-22-5-1-3-7-28(22)36)17-14-32-21-23-6-2-4-8-29(23)37/h1-12,19-21,36-37H,13-18H2,(H,33,34). The van der Waals surface area contributed by atoms with Crippen LogP contribution in [0.15, 0.2) is 89.0 Å². The lowest BCUT2D eigenvalue weighted by molar-refractivity contribution is 0.301. The molecule has 4 aromatic rings. The molecule has 0 aliphatic rings. The summed E-state index contributed by atoms with van der Waals surface area (Å²) in [6.07, 6.45) is 5.19. The molecule has 0 unspecified atom stereocenters. The van der Waals surface area contributed by atoms with E-state index in [1.54, 1.807) is 42.9 Å². The Balaban J connectivity index is 1.35. The Hall–Kier alpha value is -3.94. The number of nitrogens with zero attached hydrogens (tertiary/aromatic N) is 4. The molecule has 0 saturated heterocycles. The first-order chi connectivity index (χ1) is 18.1. The Kier molecular flexibility index (Phi) is 9.46. The van der Waals surface area contributed by atoms with E-state index < -0.39 is 0 Å². The molecule has 0 fully saturated rings. The Morgan fingerprint density at radius 1 is 0.811 bits per heavy atom. The number of phenolic OH excluding ortho intramolecular Hbond substituents is 2. The average molecular weight is 516 g/mol. The molecule has 0 saturated carbocycles. The molecule has 0 atom stereocenters. The zero-order valence-corrected chi connectivity index (χ0v) is 21.2. The van der Waals surface area contributed by atoms with Gasteiger partial charge in [0.25, 0.3) is 0 Å². The van der Waals surface area contributed by atoms with Crippen molar-refractivity contribution >= 4 is 40.6 Å². The van der Waals surface area contributed by atoms with Crippen LogP contribution in [-0.2, 0) is 0 Å². The van der Waals surface area contributed by atoms with Gasteiger partial charge in [0.05, 0.1) is 18.6 Å². The van der Waals surface area contributed by atoms with Crippen molar-refractivity contribution in [1.29, 1.82) is 0 Å². The number of pyridine rings is 1. The van der Waals surface area contributed by atoms with Gasteiger partial charge >= 0.3 is 0 Å². The smallest absolute Gasteiger partial charge is 0.124 e. The highest BCUT2D eigenvalue weighted by molar-refractivity contribution is 6.31. The molecule has 0 radical (unpaired) electrons. The third kappa shape index (κ3) is 7.77. The van der Waals surface area contributed by atoms with Crippen molar-refractivity contribution in [2.24, 2.45) is 9.98 Å². The highest BCUT2D eigenvalue weighted by Gasteiger charge is 2.07. The lowest BCUT2D eigenvalue weighted by Gasteiger charge is -2.21. The van der Waals surface area contributed by atoms with E-state index in [4.69, 9.17) is 11.6 Å². The first kappa shape index (κ1) is 26.1. The van der Waals surface area contributed by atoms with Gasteiger partial charge in [0.1, 0.15) is 11.5 Å². The maximum absolute atomic E-state index is 9.94. The van der Waals surface area contributed by atoms with Crippen LogP contribution in [0.5, 0.6) is 11.5 Å². The van der Waals surface area contributed by atoms with E-state index in [-0.39, 0.29) is 11.5 Å². The van der Waals surface area contributed by atoms with Crippen molar-refractivity contribution in [1.82, 2.24) is 9.88 Å². The van der Waals surface area contributed by atoms with Gasteiger partial charge in [-0.1, -0.05) is 35.9 Å². The summed E-state index contributed by atoms with van der Waals surface area (Å²) in [7, 11) is 0. The monoisotopic (exact) mass is 515 g/mol. The molecule has 0 aliphatic heterocycles. The van der Waals surface area contributed by atoms with Crippen molar-refractivity contribution in [2.45, 2.75) is 0 Å². The molecular weight excluding hydrogens is 486 g/mol. The van der Waals surface area contributed by atoms with Gasteiger partial charge in [0.2, 0.25) is 0 Å². The van der Waals surface area contributed by atoms with Crippen LogP contribution in [0, 0.1) is 0 Å². The summed E-state index contributed by atoms with van der Waals surface area (Å²) in [6.45, 7) is 4.18. The summed E-state index contributed by atoms with van der Waals surface area (Å²) < 4.78 is 0. The minimum absolute atomic E-state index is 0.219. The normalized spacial score (nSPS) is 11.7. The lowest BCUT2D eigenvalue weighted by Crippen LogP contribution is -2.33. The highest BCUT2D eigenvalue weighted by atomic mass is 35.5. The van der Waals surface area contributed by atoms with E-state index in [0.717, 1.165) is 42.8 Å². The van der Waals surface area contributed by atoms with Gasteiger partial charge in [0.15, 0.2) is 0 Å². The molecule has 7 nitrogen and oxygen atoms in total. The minimum Gasteiger partial charge on any atom is -0.507 e. The number of benzene rings is 3. The third-order valence-corrected chi connectivity index (χ3v) is 6.11. The fourth-order valence-corrected chi connectivity index (χ4v) is 4.04. The highest BCUT2D eigenvalue weighted by Crippen LogP contribution is 2.24. The molecule has 190 valence electrons. The Labute approximate surface area is 221 Å². The maximum Gasteiger partial charge on any atom is 0.124 e. The van der Waals surface area contributed by atoms with E-state index in [9.17, 15) is 10.2 Å². The van der Waals surface area contributed by atoms with E-state index in [1.165, 1.54) is 0 Å². The molecule has 1 aromatic heterocycles. The van der Waals surface area contributed by atoms with E-state index in [2.05, 4.69) is 25.2 Å². The van der Waals surface area contributed by atoms with Crippen LogP contribution in [0.4, 0.5) is 5.69 Å². The van der Waals surface area contributed by atoms with Crippen molar-refractivity contribution in [3.05, 3.63) is 95.1 Å². The predicted octanol–water partition coefficient (Wildman–Crippen LogP) is 5.25. The molecule has 1 heterocycles. The van der Waals surface area contributed by atoms with Gasteiger partial charge in [-0.15, -0.1) is 0 Å². The maximum atomic E-state index is 9.94. The summed E-state index contributed by atoms with van der Waals surface area (Å²) in [5.41, 5.74) is 3.27. The number of hydrogen-bond acceptors (Lipinski definition) is 7. The van der Waals surface area contributed by atoms with Crippen LogP contribution in [-0.4, -0.2) is 71.8 Å². The molecule has 0 aliphatic carbocycles. The molecule has 0 bridgehead atoms. The topological polar surface area (TPSA) is 93.3 Å². The second kappa shape index (κ2) is 13.4. The number of rotatable bonds is 12. The van der Waals surface area contributed by atoms with Crippen LogP contribution in [0.1, 0.15) is 11.1 Å². The quantitative estimate of drug-likeness (QED) is 0.224. The molecular formula is C29H30ClN5O2. The largest absolute Gasteiger partial charge is 0.507 e. The van der Waals surface area contributed by atoms with Crippen LogP contribution in [0.25, 0.3) is 10.9 Å². The molecule has 0 spiro atoms. The molecule has 8 heteroatoms. The Morgan fingerprint density at radius 3 is 2.05 bits per heavy atom. The molecule has 4 rings (SSSR count). The van der Waals surface area contributed by atoms with Crippen LogP contribution in [0.2, 0.25) is 5.02 Å². The fraction of sp³-hybridized carbons (Fsp3) is 0.207. The number of hydrogen-bond donors (Lipinski definition) is 3. The zero-order valence-electron chi connectivity index (χ0n) is 20.5. The van der Waals surface area contributed by atoms with Crippen molar-refractivity contribution in [3.63, 3.8) is 0 Å². The molecule has 3 N–H and O–H groups in total. The van der Waals surface area contributed by atoms with Crippen LogP contribution in [0.3, 0.4) is 0 Å². The second-order valence-electron chi connectivity index (χ2n) is 8.48.